The van der Waals surface area contributed by atoms with Gasteiger partial charge in [-0.3, -0.25) is 4.90 Å². The van der Waals surface area contributed by atoms with Gasteiger partial charge < -0.3 is 24.6 Å². The van der Waals surface area contributed by atoms with Crippen LogP contribution < -0.4 is 9.47 Å². The molecule has 224 valence electrons. The monoisotopic (exact) mass is 564 g/mol. The van der Waals surface area contributed by atoms with E-state index in [0.717, 1.165) is 76.1 Å². The highest BCUT2D eigenvalue weighted by molar-refractivity contribution is 5.66. The molecule has 2 heterocycles. The minimum atomic E-state index is -0.711. The topological polar surface area (TPSA) is 82.5 Å². The minimum absolute atomic E-state index is 0.0661. The molecule has 7 aliphatic rings. The predicted octanol–water partition coefficient (Wildman–Crippen LogP) is 6.12. The lowest BCUT2D eigenvalue weighted by atomic mass is 9.42. The van der Waals surface area contributed by atoms with E-state index in [-0.39, 0.29) is 17.1 Å². The van der Waals surface area contributed by atoms with Crippen molar-refractivity contribution in [3.8, 4) is 11.5 Å². The summed E-state index contributed by atoms with van der Waals surface area (Å²) >= 11 is 0. The van der Waals surface area contributed by atoms with Crippen LogP contribution in [0.4, 0.5) is 4.79 Å². The Bertz CT molecular complexity index is 1230. The van der Waals surface area contributed by atoms with Crippen molar-refractivity contribution in [1.29, 1.82) is 0 Å². The quantitative estimate of drug-likeness (QED) is 0.292. The highest BCUT2D eigenvalue weighted by Gasteiger charge is 2.62. The zero-order valence-corrected chi connectivity index (χ0v) is 25.2. The summed E-state index contributed by atoms with van der Waals surface area (Å²) in [5.41, 5.74) is 2.81. The molecule has 5 aliphatic carbocycles. The fourth-order valence-electron chi connectivity index (χ4n) is 11.2. The van der Waals surface area contributed by atoms with Crippen molar-refractivity contribution >= 4 is 6.09 Å². The van der Waals surface area contributed by atoms with Gasteiger partial charge in [-0.15, -0.1) is 0 Å². The average molecular weight is 565 g/mol. The molecule has 7 heteroatoms. The van der Waals surface area contributed by atoms with Crippen LogP contribution in [0.2, 0.25) is 0 Å². The Morgan fingerprint density at radius 1 is 1.12 bits per heavy atom. The summed E-state index contributed by atoms with van der Waals surface area (Å²) in [6.07, 6.45) is 14.5. The molecule has 1 amide bonds. The smallest absolute Gasteiger partial charge is 0.407 e. The number of benzene rings is 1. The summed E-state index contributed by atoms with van der Waals surface area (Å²) in [4.78, 5) is 17.1. The second-order valence-corrected chi connectivity index (χ2v) is 15.3. The number of aliphatic hydroxyl groups is 1. The number of hydrogen-bond acceptors (Lipinski definition) is 5. The summed E-state index contributed by atoms with van der Waals surface area (Å²) in [6.45, 7) is 8.36. The summed E-state index contributed by atoms with van der Waals surface area (Å²) < 4.78 is 12.1. The third-order valence-corrected chi connectivity index (χ3v) is 11.8. The molecular weight excluding hydrogens is 516 g/mol. The van der Waals surface area contributed by atoms with E-state index in [2.05, 4.69) is 30.9 Å². The van der Waals surface area contributed by atoms with Crippen LogP contribution in [-0.2, 0) is 12.0 Å². The number of nitrogens with zero attached hydrogens (tertiary/aromatic N) is 2. The van der Waals surface area contributed by atoms with E-state index < -0.39 is 12.2 Å². The van der Waals surface area contributed by atoms with Crippen LogP contribution in [0.1, 0.15) is 95.6 Å². The van der Waals surface area contributed by atoms with Crippen LogP contribution in [0.5, 0.6) is 11.5 Å². The third-order valence-electron chi connectivity index (χ3n) is 11.8. The molecule has 1 aromatic rings. The molecular formula is C34H48N2O5. The normalized spacial score (nSPS) is 40.0. The van der Waals surface area contributed by atoms with E-state index in [1.807, 2.05) is 17.0 Å². The Labute approximate surface area is 244 Å². The van der Waals surface area contributed by atoms with Gasteiger partial charge in [0.1, 0.15) is 6.10 Å². The molecule has 1 spiro atoms. The summed E-state index contributed by atoms with van der Waals surface area (Å²) in [5.74, 6) is 2.33. The van der Waals surface area contributed by atoms with Gasteiger partial charge in [0.2, 0.25) is 0 Å². The predicted molar refractivity (Wildman–Crippen MR) is 157 cm³/mol. The first-order chi connectivity index (χ1) is 19.6. The average Bonchev–Trinajstić information content (AvgIpc) is 3.12. The molecule has 1 aromatic carbocycles. The molecule has 7 atom stereocenters. The Kier molecular flexibility index (Phi) is 6.48. The van der Waals surface area contributed by atoms with Crippen LogP contribution in [-0.4, -0.2) is 70.6 Å². The van der Waals surface area contributed by atoms with Crippen LogP contribution in [0, 0.1) is 16.7 Å². The van der Waals surface area contributed by atoms with Crippen LogP contribution in [0.3, 0.4) is 0 Å². The zero-order valence-electron chi connectivity index (χ0n) is 25.2. The Balaban J connectivity index is 0.996. The number of rotatable bonds is 8. The van der Waals surface area contributed by atoms with Gasteiger partial charge in [-0.05, 0) is 99.3 Å². The fourth-order valence-corrected chi connectivity index (χ4v) is 11.2. The second-order valence-electron chi connectivity index (χ2n) is 15.3. The van der Waals surface area contributed by atoms with Gasteiger partial charge in [-0.25, -0.2) is 4.79 Å². The van der Waals surface area contributed by atoms with Crippen molar-refractivity contribution in [2.24, 2.45) is 16.7 Å². The number of carboxylic acid groups (broad SMARTS) is 1. The lowest BCUT2D eigenvalue weighted by molar-refractivity contribution is -0.152. The van der Waals surface area contributed by atoms with E-state index in [1.165, 1.54) is 30.4 Å². The molecule has 0 unspecified atom stereocenters. The van der Waals surface area contributed by atoms with Crippen LogP contribution in [0.25, 0.3) is 0 Å². The van der Waals surface area contributed by atoms with Gasteiger partial charge >= 0.3 is 6.09 Å². The summed E-state index contributed by atoms with van der Waals surface area (Å²) in [6, 6.07) is 4.22. The van der Waals surface area contributed by atoms with E-state index in [9.17, 15) is 15.0 Å². The van der Waals surface area contributed by atoms with Crippen molar-refractivity contribution in [2.75, 3.05) is 26.7 Å². The molecule has 4 bridgehead atoms. The number of unbranched alkanes of at least 4 members (excludes halogenated alkanes) is 2. The second kappa shape index (κ2) is 9.63. The highest BCUT2D eigenvalue weighted by atomic mass is 16.5. The fraction of sp³-hybridized carbons (Fsp3) is 0.735. The molecule has 7 nitrogen and oxygen atoms in total. The lowest BCUT2D eigenvalue weighted by Crippen LogP contribution is -2.66. The van der Waals surface area contributed by atoms with Gasteiger partial charge in [0.05, 0.1) is 18.6 Å². The number of ether oxygens (including phenoxy) is 2. The maximum atomic E-state index is 12.6. The Morgan fingerprint density at radius 2 is 1.90 bits per heavy atom. The van der Waals surface area contributed by atoms with Crippen molar-refractivity contribution in [3.63, 3.8) is 0 Å². The van der Waals surface area contributed by atoms with E-state index in [0.29, 0.717) is 29.7 Å². The van der Waals surface area contributed by atoms with Crippen molar-refractivity contribution < 1.29 is 24.5 Å². The van der Waals surface area contributed by atoms with Gasteiger partial charge in [0.25, 0.3) is 0 Å². The standard InChI is InChI=1S/C34H48N2O5/c1-31-16-23-17-32(2,20-31)22-33(18-23,21-31)36(30(38)39)13-6-4-5-12-35-14-11-34-10-9-25(37)15-27(34)41-29-26(40-3)8-7-24(19-35)28(29)34/h7-10,23,25,27,37H,4-6,11-22H2,1-3H3,(H,38,39)/t23-,25-,27-,31+,32-,33+,34-/m0/s1. The maximum absolute atomic E-state index is 12.6. The van der Waals surface area contributed by atoms with Crippen molar-refractivity contribution in [1.82, 2.24) is 9.80 Å². The molecule has 2 aliphatic heterocycles. The maximum Gasteiger partial charge on any atom is 0.407 e. The Morgan fingerprint density at radius 3 is 2.61 bits per heavy atom. The highest BCUT2D eigenvalue weighted by Crippen LogP contribution is 2.67. The first-order valence-electron chi connectivity index (χ1n) is 16.0. The minimum Gasteiger partial charge on any atom is -0.493 e. The van der Waals surface area contributed by atoms with Gasteiger partial charge in [0.15, 0.2) is 11.5 Å². The summed E-state index contributed by atoms with van der Waals surface area (Å²) in [7, 11) is 1.69. The number of methoxy groups -OCH3 is 1. The first kappa shape index (κ1) is 27.6. The number of amides is 1. The van der Waals surface area contributed by atoms with Crippen molar-refractivity contribution in [3.05, 3.63) is 35.4 Å². The molecule has 2 N–H and O–H groups in total. The number of carbonyl (C=O) groups is 1. The van der Waals surface area contributed by atoms with Gasteiger partial charge in [0, 0.05) is 30.6 Å². The molecule has 4 fully saturated rings. The number of aliphatic hydroxyl groups excluding tert-OH is 1. The van der Waals surface area contributed by atoms with Crippen LogP contribution in [0.15, 0.2) is 24.3 Å². The molecule has 41 heavy (non-hydrogen) atoms. The van der Waals surface area contributed by atoms with E-state index >= 15 is 0 Å². The largest absolute Gasteiger partial charge is 0.493 e. The van der Waals surface area contributed by atoms with Gasteiger partial charge in [-0.2, -0.15) is 0 Å². The van der Waals surface area contributed by atoms with Crippen molar-refractivity contribution in [2.45, 2.75) is 114 Å². The summed E-state index contributed by atoms with van der Waals surface area (Å²) in [5, 5.41) is 20.7. The lowest BCUT2D eigenvalue weighted by Gasteiger charge is -2.67. The molecule has 4 saturated carbocycles. The third kappa shape index (κ3) is 4.48. The first-order valence-corrected chi connectivity index (χ1v) is 16.0. The van der Waals surface area contributed by atoms with Gasteiger partial charge in [-0.1, -0.05) is 38.5 Å². The Hall–Kier alpha value is -2.25. The zero-order chi connectivity index (χ0) is 28.6. The molecule has 8 rings (SSSR count). The van der Waals surface area contributed by atoms with Crippen LogP contribution >= 0.6 is 0 Å². The molecule has 0 saturated heterocycles. The van der Waals surface area contributed by atoms with E-state index in [1.54, 1.807) is 7.11 Å². The molecule has 0 aromatic heterocycles. The van der Waals surface area contributed by atoms with E-state index in [4.69, 9.17) is 9.47 Å². The molecule has 0 radical (unpaired) electrons. The number of hydrogen-bond donors (Lipinski definition) is 2. The SMILES string of the molecule is COc1ccc2c3c1O[C@H]1C[C@@H](O)C=C[C@@]31CCN(CCCCCN(C(=O)O)[C@]13C[C@@H]4C[C@@](C)(C[C@@](C)(C4)C1)C3)C2.